The largest absolute Gasteiger partial charge is 0.329 e. The van der Waals surface area contributed by atoms with Gasteiger partial charge in [-0.1, -0.05) is 72.6 Å². The highest BCUT2D eigenvalue weighted by Crippen LogP contribution is 2.13. The molecule has 0 bridgehead atoms. The Kier molecular flexibility index (Phi) is 12.9. The van der Waals surface area contributed by atoms with Crippen LogP contribution in [0.3, 0.4) is 0 Å². The van der Waals surface area contributed by atoms with Gasteiger partial charge in [0.1, 0.15) is 0 Å². The molecule has 0 aliphatic carbocycles. The second-order valence-electron chi connectivity index (χ2n) is 6.28. The van der Waals surface area contributed by atoms with Gasteiger partial charge >= 0.3 is 0 Å². The standard InChI is InChI=1S/C17H38N2/c1-5-7-8-9-10-11-12-13-17(14-18)19(6-2)15-16(3)4/h16-17H,5-15,18H2,1-4H3. The lowest BCUT2D eigenvalue weighted by Gasteiger charge is -2.31. The number of likely N-dealkylation sites (N-methyl/N-ethyl adjacent to an activating group) is 1. The summed E-state index contributed by atoms with van der Waals surface area (Å²) in [6.07, 6.45) is 11.0. The highest BCUT2D eigenvalue weighted by molar-refractivity contribution is 4.72. The third kappa shape index (κ3) is 10.4. The highest BCUT2D eigenvalue weighted by atomic mass is 15.2. The van der Waals surface area contributed by atoms with E-state index in [2.05, 4.69) is 32.6 Å². The molecule has 0 saturated carbocycles. The van der Waals surface area contributed by atoms with Crippen LogP contribution in [-0.4, -0.2) is 30.6 Å². The summed E-state index contributed by atoms with van der Waals surface area (Å²) in [5.41, 5.74) is 5.96. The van der Waals surface area contributed by atoms with Crippen molar-refractivity contribution >= 4 is 0 Å². The molecule has 0 aromatic rings. The Balaban J connectivity index is 3.73. The molecule has 0 spiro atoms. The zero-order valence-corrected chi connectivity index (χ0v) is 14.0. The van der Waals surface area contributed by atoms with Gasteiger partial charge in [0.25, 0.3) is 0 Å². The fourth-order valence-electron chi connectivity index (χ4n) is 2.79. The van der Waals surface area contributed by atoms with Crippen LogP contribution in [0, 0.1) is 5.92 Å². The van der Waals surface area contributed by atoms with E-state index in [1.807, 2.05) is 0 Å². The predicted molar refractivity (Wildman–Crippen MR) is 87.5 cm³/mol. The fraction of sp³-hybridized carbons (Fsp3) is 1.00. The maximum Gasteiger partial charge on any atom is 0.0218 e. The van der Waals surface area contributed by atoms with Crippen LogP contribution in [-0.2, 0) is 0 Å². The molecular formula is C17H38N2. The lowest BCUT2D eigenvalue weighted by Crippen LogP contribution is -2.42. The topological polar surface area (TPSA) is 29.3 Å². The second kappa shape index (κ2) is 12.9. The summed E-state index contributed by atoms with van der Waals surface area (Å²) in [7, 11) is 0. The minimum atomic E-state index is 0.600. The Morgan fingerprint density at radius 1 is 0.895 bits per heavy atom. The first-order valence-electron chi connectivity index (χ1n) is 8.59. The van der Waals surface area contributed by atoms with Gasteiger partial charge in [-0.2, -0.15) is 0 Å². The minimum Gasteiger partial charge on any atom is -0.329 e. The Labute approximate surface area is 122 Å². The Morgan fingerprint density at radius 2 is 1.47 bits per heavy atom. The van der Waals surface area contributed by atoms with E-state index < -0.39 is 0 Å². The summed E-state index contributed by atoms with van der Waals surface area (Å²) in [5, 5.41) is 0. The summed E-state index contributed by atoms with van der Waals surface area (Å²) >= 11 is 0. The summed E-state index contributed by atoms with van der Waals surface area (Å²) in [5.74, 6) is 0.739. The normalized spacial score (nSPS) is 13.4. The lowest BCUT2D eigenvalue weighted by molar-refractivity contribution is 0.176. The van der Waals surface area contributed by atoms with Crippen LogP contribution in [0.25, 0.3) is 0 Å². The Bertz CT molecular complexity index is 180. The van der Waals surface area contributed by atoms with E-state index in [0.717, 1.165) is 19.0 Å². The molecule has 2 heteroatoms. The van der Waals surface area contributed by atoms with E-state index in [4.69, 9.17) is 5.73 Å². The van der Waals surface area contributed by atoms with Crippen LogP contribution >= 0.6 is 0 Å². The van der Waals surface area contributed by atoms with Crippen LogP contribution < -0.4 is 5.73 Å². The van der Waals surface area contributed by atoms with Gasteiger partial charge in [0.05, 0.1) is 0 Å². The molecule has 19 heavy (non-hydrogen) atoms. The molecule has 0 aromatic carbocycles. The van der Waals surface area contributed by atoms with E-state index in [9.17, 15) is 0 Å². The molecule has 116 valence electrons. The third-order valence-corrected chi connectivity index (χ3v) is 3.94. The number of unbranched alkanes of at least 4 members (excludes halogenated alkanes) is 6. The van der Waals surface area contributed by atoms with Crippen molar-refractivity contribution in [2.75, 3.05) is 19.6 Å². The van der Waals surface area contributed by atoms with Crippen LogP contribution in [0.4, 0.5) is 0 Å². The first kappa shape index (κ1) is 18.9. The zero-order chi connectivity index (χ0) is 14.5. The molecule has 2 nitrogen and oxygen atoms in total. The molecule has 0 heterocycles. The maximum atomic E-state index is 5.96. The predicted octanol–water partition coefficient (Wildman–Crippen LogP) is 4.43. The minimum absolute atomic E-state index is 0.600. The Hall–Kier alpha value is -0.0800. The van der Waals surface area contributed by atoms with Crippen molar-refractivity contribution in [3.63, 3.8) is 0 Å². The summed E-state index contributed by atoms with van der Waals surface area (Å²) in [6.45, 7) is 12.3. The second-order valence-corrected chi connectivity index (χ2v) is 6.28. The number of nitrogens with zero attached hydrogens (tertiary/aromatic N) is 1. The molecule has 0 aliphatic rings. The van der Waals surface area contributed by atoms with Crippen molar-refractivity contribution in [2.45, 2.75) is 85.1 Å². The van der Waals surface area contributed by atoms with E-state index in [1.165, 1.54) is 57.9 Å². The molecule has 1 unspecified atom stereocenters. The molecule has 0 radical (unpaired) electrons. The molecule has 2 N–H and O–H groups in total. The van der Waals surface area contributed by atoms with Gasteiger partial charge in [-0.15, -0.1) is 0 Å². The van der Waals surface area contributed by atoms with Gasteiger partial charge in [-0.25, -0.2) is 0 Å². The lowest BCUT2D eigenvalue weighted by atomic mass is 10.0. The number of hydrogen-bond donors (Lipinski definition) is 1. The van der Waals surface area contributed by atoms with Crippen molar-refractivity contribution in [3.05, 3.63) is 0 Å². The van der Waals surface area contributed by atoms with E-state index in [-0.39, 0.29) is 0 Å². The molecule has 1 atom stereocenters. The van der Waals surface area contributed by atoms with Crippen molar-refractivity contribution < 1.29 is 0 Å². The molecular weight excluding hydrogens is 232 g/mol. The molecule has 0 rings (SSSR count). The third-order valence-electron chi connectivity index (χ3n) is 3.94. The highest BCUT2D eigenvalue weighted by Gasteiger charge is 2.15. The van der Waals surface area contributed by atoms with Gasteiger partial charge in [-0.05, 0) is 18.9 Å². The molecule has 0 saturated heterocycles. The molecule has 0 aromatic heterocycles. The van der Waals surface area contributed by atoms with Crippen molar-refractivity contribution in [1.29, 1.82) is 0 Å². The number of rotatable bonds is 13. The summed E-state index contributed by atoms with van der Waals surface area (Å²) < 4.78 is 0. The summed E-state index contributed by atoms with van der Waals surface area (Å²) in [6, 6.07) is 0.600. The first-order valence-corrected chi connectivity index (χ1v) is 8.59. The fourth-order valence-corrected chi connectivity index (χ4v) is 2.79. The number of hydrogen-bond acceptors (Lipinski definition) is 2. The first-order chi connectivity index (χ1) is 9.15. The van der Waals surface area contributed by atoms with Gasteiger partial charge in [0.2, 0.25) is 0 Å². The van der Waals surface area contributed by atoms with E-state index in [0.29, 0.717) is 6.04 Å². The van der Waals surface area contributed by atoms with Crippen LogP contribution in [0.2, 0.25) is 0 Å². The van der Waals surface area contributed by atoms with Gasteiger partial charge < -0.3 is 5.73 Å². The molecule has 0 amide bonds. The van der Waals surface area contributed by atoms with Gasteiger partial charge in [0.15, 0.2) is 0 Å². The van der Waals surface area contributed by atoms with Crippen molar-refractivity contribution in [2.24, 2.45) is 11.7 Å². The zero-order valence-electron chi connectivity index (χ0n) is 14.0. The van der Waals surface area contributed by atoms with Gasteiger partial charge in [0, 0.05) is 19.1 Å². The van der Waals surface area contributed by atoms with E-state index in [1.54, 1.807) is 0 Å². The average molecular weight is 271 g/mol. The van der Waals surface area contributed by atoms with Crippen LogP contribution in [0.5, 0.6) is 0 Å². The van der Waals surface area contributed by atoms with Crippen LogP contribution in [0.1, 0.15) is 79.1 Å². The average Bonchev–Trinajstić information content (AvgIpc) is 2.39. The SMILES string of the molecule is CCCCCCCCCC(CN)N(CC)CC(C)C. The summed E-state index contributed by atoms with van der Waals surface area (Å²) in [4.78, 5) is 2.57. The molecule has 0 aliphatic heterocycles. The van der Waals surface area contributed by atoms with Gasteiger partial charge in [-0.3, -0.25) is 4.90 Å². The van der Waals surface area contributed by atoms with Crippen molar-refractivity contribution in [3.8, 4) is 0 Å². The number of nitrogens with two attached hydrogens (primary N) is 1. The maximum absolute atomic E-state index is 5.96. The molecule has 0 fully saturated rings. The quantitative estimate of drug-likeness (QED) is 0.502. The Morgan fingerprint density at radius 3 is 1.95 bits per heavy atom. The smallest absolute Gasteiger partial charge is 0.0218 e. The van der Waals surface area contributed by atoms with Crippen LogP contribution in [0.15, 0.2) is 0 Å². The van der Waals surface area contributed by atoms with Crippen molar-refractivity contribution in [1.82, 2.24) is 4.90 Å². The van der Waals surface area contributed by atoms with E-state index >= 15 is 0 Å². The monoisotopic (exact) mass is 270 g/mol.